The van der Waals surface area contributed by atoms with Gasteiger partial charge in [-0.15, -0.1) is 0 Å². The molecule has 0 aliphatic heterocycles. The smallest absolute Gasteiger partial charge is 0.306 e. The van der Waals surface area contributed by atoms with Crippen molar-refractivity contribution in [2.45, 2.75) is 52.7 Å². The van der Waals surface area contributed by atoms with Gasteiger partial charge in [-0.2, -0.15) is 0 Å². The molecule has 0 aliphatic rings. The number of furan rings is 1. The molecule has 106 valence electrons. The van der Waals surface area contributed by atoms with Gasteiger partial charge in [0.05, 0.1) is 0 Å². The molecular weight excluding hydrogens is 248 g/mol. The van der Waals surface area contributed by atoms with Crippen LogP contribution in [0.25, 0.3) is 0 Å². The first kappa shape index (κ1) is 15.3. The van der Waals surface area contributed by atoms with Crippen molar-refractivity contribution < 1.29 is 23.5 Å². The van der Waals surface area contributed by atoms with Gasteiger partial charge in [-0.1, -0.05) is 13.8 Å². The second kappa shape index (κ2) is 8.34. The van der Waals surface area contributed by atoms with Crippen molar-refractivity contribution in [3.63, 3.8) is 0 Å². The highest BCUT2D eigenvalue weighted by molar-refractivity contribution is 5.69. The molecule has 0 spiro atoms. The maximum atomic E-state index is 11.2. The summed E-state index contributed by atoms with van der Waals surface area (Å²) in [6, 6.07) is 3.42. The Morgan fingerprint density at radius 2 is 1.37 bits per heavy atom. The molecule has 5 heteroatoms. The molecule has 0 saturated heterocycles. The minimum absolute atomic E-state index is 0.113. The van der Waals surface area contributed by atoms with E-state index in [1.54, 1.807) is 12.1 Å². The van der Waals surface area contributed by atoms with E-state index in [1.807, 2.05) is 13.8 Å². The monoisotopic (exact) mass is 268 g/mol. The third kappa shape index (κ3) is 6.08. The number of carbonyl (C=O) groups excluding carboxylic acids is 2. The fourth-order valence-corrected chi connectivity index (χ4v) is 1.43. The fraction of sp³-hybridized carbons (Fsp3) is 0.571. The molecule has 1 aromatic rings. The summed E-state index contributed by atoms with van der Waals surface area (Å²) in [6.07, 6.45) is 2.33. The zero-order valence-corrected chi connectivity index (χ0v) is 11.4. The number of ether oxygens (including phenoxy) is 2. The van der Waals surface area contributed by atoms with Crippen LogP contribution in [0.2, 0.25) is 0 Å². The average molecular weight is 268 g/mol. The van der Waals surface area contributed by atoms with Crippen LogP contribution in [0.1, 0.15) is 51.1 Å². The third-order valence-corrected chi connectivity index (χ3v) is 2.38. The lowest BCUT2D eigenvalue weighted by Gasteiger charge is -2.02. The molecule has 0 unspecified atom stereocenters. The molecule has 1 heterocycles. The van der Waals surface area contributed by atoms with Crippen LogP contribution in [0, 0.1) is 0 Å². The van der Waals surface area contributed by atoms with Gasteiger partial charge < -0.3 is 13.9 Å². The second-order valence-corrected chi connectivity index (χ2v) is 4.19. The first-order valence-corrected chi connectivity index (χ1v) is 6.54. The summed E-state index contributed by atoms with van der Waals surface area (Å²) in [4.78, 5) is 22.4. The lowest BCUT2D eigenvalue weighted by Crippen LogP contribution is -2.03. The molecular formula is C14H20O5. The quantitative estimate of drug-likeness (QED) is 0.678. The van der Waals surface area contributed by atoms with E-state index >= 15 is 0 Å². The van der Waals surface area contributed by atoms with Crippen molar-refractivity contribution >= 4 is 11.9 Å². The summed E-state index contributed by atoms with van der Waals surface area (Å²) in [7, 11) is 0. The molecule has 0 N–H and O–H groups in total. The Morgan fingerprint density at radius 3 is 1.74 bits per heavy atom. The number of hydrogen-bond acceptors (Lipinski definition) is 5. The molecule has 5 nitrogen and oxygen atoms in total. The maximum Gasteiger partial charge on any atom is 0.306 e. The largest absolute Gasteiger partial charge is 0.459 e. The molecule has 19 heavy (non-hydrogen) atoms. The zero-order valence-electron chi connectivity index (χ0n) is 11.4. The van der Waals surface area contributed by atoms with E-state index in [9.17, 15) is 9.59 Å². The van der Waals surface area contributed by atoms with Gasteiger partial charge in [0.2, 0.25) is 0 Å². The average Bonchev–Trinajstić information content (AvgIpc) is 2.83. The molecule has 0 bridgehead atoms. The van der Waals surface area contributed by atoms with E-state index in [0.29, 0.717) is 24.4 Å². The van der Waals surface area contributed by atoms with Crippen molar-refractivity contribution in [1.29, 1.82) is 0 Å². The van der Waals surface area contributed by atoms with Crippen LogP contribution >= 0.6 is 0 Å². The normalized spacial score (nSPS) is 10.2. The summed E-state index contributed by atoms with van der Waals surface area (Å²) in [5.74, 6) is 0.613. The van der Waals surface area contributed by atoms with E-state index in [4.69, 9.17) is 13.9 Å². The van der Waals surface area contributed by atoms with Crippen molar-refractivity contribution in [2.24, 2.45) is 0 Å². The molecule has 0 saturated carbocycles. The summed E-state index contributed by atoms with van der Waals surface area (Å²) < 4.78 is 15.4. The third-order valence-electron chi connectivity index (χ3n) is 2.38. The summed E-state index contributed by atoms with van der Waals surface area (Å²) in [5.41, 5.74) is 0. The number of rotatable bonds is 8. The van der Waals surface area contributed by atoms with Crippen molar-refractivity contribution in [3.8, 4) is 0 Å². The van der Waals surface area contributed by atoms with Crippen molar-refractivity contribution in [3.05, 3.63) is 23.7 Å². The van der Waals surface area contributed by atoms with Gasteiger partial charge in [0.1, 0.15) is 24.7 Å². The van der Waals surface area contributed by atoms with Gasteiger partial charge >= 0.3 is 11.9 Å². The Kier molecular flexibility index (Phi) is 6.71. The van der Waals surface area contributed by atoms with E-state index in [2.05, 4.69) is 0 Å². The molecule has 1 rings (SSSR count). The molecule has 0 aromatic carbocycles. The zero-order chi connectivity index (χ0) is 14.1. The highest BCUT2D eigenvalue weighted by Gasteiger charge is 2.08. The van der Waals surface area contributed by atoms with Crippen LogP contribution in [-0.2, 0) is 32.3 Å². The molecule has 1 aromatic heterocycles. The van der Waals surface area contributed by atoms with Crippen LogP contribution in [0.15, 0.2) is 16.5 Å². The first-order valence-electron chi connectivity index (χ1n) is 6.54. The topological polar surface area (TPSA) is 65.7 Å². The van der Waals surface area contributed by atoms with Crippen LogP contribution in [-0.4, -0.2) is 11.9 Å². The highest BCUT2D eigenvalue weighted by atomic mass is 16.6. The van der Waals surface area contributed by atoms with Crippen molar-refractivity contribution in [1.82, 2.24) is 0 Å². The lowest BCUT2D eigenvalue weighted by molar-refractivity contribution is -0.145. The van der Waals surface area contributed by atoms with Gasteiger partial charge in [-0.05, 0) is 25.0 Å². The van der Waals surface area contributed by atoms with E-state index in [0.717, 1.165) is 12.8 Å². The Morgan fingerprint density at radius 1 is 0.947 bits per heavy atom. The Labute approximate surface area is 112 Å². The SMILES string of the molecule is CCCC(=O)OCc1ccc(COC(=O)CCC)o1. The molecule has 0 fully saturated rings. The minimum atomic E-state index is -0.241. The predicted molar refractivity (Wildman–Crippen MR) is 68.1 cm³/mol. The number of carbonyl (C=O) groups is 2. The molecule has 0 amide bonds. The van der Waals surface area contributed by atoms with Gasteiger partial charge in [0.25, 0.3) is 0 Å². The van der Waals surface area contributed by atoms with Crippen LogP contribution < -0.4 is 0 Å². The Balaban J connectivity index is 2.32. The number of esters is 2. The number of hydrogen-bond donors (Lipinski definition) is 0. The van der Waals surface area contributed by atoms with E-state index in [1.165, 1.54) is 0 Å². The standard InChI is InChI=1S/C14H20O5/c1-3-5-13(15)17-9-11-7-8-12(19-11)10-18-14(16)6-4-2/h7-8H,3-6,9-10H2,1-2H3. The van der Waals surface area contributed by atoms with Gasteiger partial charge in [-0.25, -0.2) is 0 Å². The van der Waals surface area contributed by atoms with Crippen LogP contribution in [0.3, 0.4) is 0 Å². The molecule has 0 radical (unpaired) electrons. The summed E-state index contributed by atoms with van der Waals surface area (Å²) in [6.45, 7) is 4.05. The van der Waals surface area contributed by atoms with Gasteiger partial charge in [0, 0.05) is 12.8 Å². The first-order chi connectivity index (χ1) is 9.15. The summed E-state index contributed by atoms with van der Waals surface area (Å²) in [5, 5.41) is 0. The van der Waals surface area contributed by atoms with Crippen molar-refractivity contribution in [2.75, 3.05) is 0 Å². The van der Waals surface area contributed by atoms with Crippen LogP contribution in [0.4, 0.5) is 0 Å². The highest BCUT2D eigenvalue weighted by Crippen LogP contribution is 2.11. The van der Waals surface area contributed by atoms with Gasteiger partial charge in [0.15, 0.2) is 0 Å². The lowest BCUT2D eigenvalue weighted by atomic mass is 10.3. The summed E-state index contributed by atoms with van der Waals surface area (Å²) >= 11 is 0. The predicted octanol–water partition coefficient (Wildman–Crippen LogP) is 2.97. The minimum Gasteiger partial charge on any atom is -0.459 e. The maximum absolute atomic E-state index is 11.2. The van der Waals surface area contributed by atoms with Crippen LogP contribution in [0.5, 0.6) is 0 Å². The van der Waals surface area contributed by atoms with E-state index in [-0.39, 0.29) is 25.2 Å². The van der Waals surface area contributed by atoms with E-state index < -0.39 is 0 Å². The fourth-order valence-electron chi connectivity index (χ4n) is 1.43. The molecule has 0 aliphatic carbocycles. The second-order valence-electron chi connectivity index (χ2n) is 4.19. The van der Waals surface area contributed by atoms with Gasteiger partial charge in [-0.3, -0.25) is 9.59 Å². The molecule has 0 atom stereocenters. The Hall–Kier alpha value is -1.78. The Bertz CT molecular complexity index is 371.